The van der Waals surface area contributed by atoms with E-state index < -0.39 is 0 Å². The molecule has 0 radical (unpaired) electrons. The van der Waals surface area contributed by atoms with Crippen LogP contribution >= 0.6 is 0 Å². The van der Waals surface area contributed by atoms with Crippen LogP contribution in [-0.2, 0) is 0 Å². The number of rotatable bonds is 4. The molecule has 0 heterocycles. The Morgan fingerprint density at radius 3 is 2.53 bits per heavy atom. The Balaban J connectivity index is 2.35. The molecule has 0 unspecified atom stereocenters. The summed E-state index contributed by atoms with van der Waals surface area (Å²) in [4.78, 5) is 1.95. The molecule has 1 aliphatic rings. The van der Waals surface area contributed by atoms with Crippen LogP contribution < -0.4 is 10.2 Å². The minimum absolute atomic E-state index is 0.277. The number of allylic oxidation sites excluding steroid dienone is 2. The van der Waals surface area contributed by atoms with Gasteiger partial charge < -0.3 is 10.2 Å². The van der Waals surface area contributed by atoms with Crippen molar-refractivity contribution in [1.82, 2.24) is 0 Å². The summed E-state index contributed by atoms with van der Waals surface area (Å²) in [7, 11) is 1.87. The van der Waals surface area contributed by atoms with Crippen molar-refractivity contribution in [2.24, 2.45) is 0 Å². The molecule has 0 amide bonds. The molecule has 96 valence electrons. The maximum Gasteiger partial charge on any atom is 0.110 e. The van der Waals surface area contributed by atoms with Crippen LogP contribution in [0.25, 0.3) is 0 Å². The highest BCUT2D eigenvalue weighted by Gasteiger charge is 2.21. The van der Waals surface area contributed by atoms with Crippen LogP contribution in [0.3, 0.4) is 0 Å². The molecular weight excluding hydrogens is 236 g/mol. The summed E-state index contributed by atoms with van der Waals surface area (Å²) < 4.78 is 0. The minimum atomic E-state index is 0.277. The molecule has 1 N–H and O–H groups in total. The molecule has 4 nitrogen and oxygen atoms in total. The van der Waals surface area contributed by atoms with Gasteiger partial charge in [-0.3, -0.25) is 0 Å². The number of nitrogens with zero attached hydrogens (tertiary/aromatic N) is 3. The Bertz CT molecular complexity index is 557. The third-order valence-corrected chi connectivity index (χ3v) is 3.35. The van der Waals surface area contributed by atoms with Crippen molar-refractivity contribution >= 4 is 11.4 Å². The summed E-state index contributed by atoms with van der Waals surface area (Å²) in [6.45, 7) is 0.277. The number of hydrogen-bond acceptors (Lipinski definition) is 4. The fraction of sp³-hybridized carbons (Fsp3) is 0.333. The van der Waals surface area contributed by atoms with E-state index >= 15 is 0 Å². The van der Waals surface area contributed by atoms with Gasteiger partial charge in [0.15, 0.2) is 0 Å². The van der Waals surface area contributed by atoms with Gasteiger partial charge >= 0.3 is 0 Å². The summed E-state index contributed by atoms with van der Waals surface area (Å²) >= 11 is 0. The van der Waals surface area contributed by atoms with Crippen LogP contribution in [0.1, 0.15) is 19.3 Å². The van der Waals surface area contributed by atoms with E-state index in [1.807, 2.05) is 36.2 Å². The van der Waals surface area contributed by atoms with Gasteiger partial charge in [-0.15, -0.1) is 0 Å². The molecule has 1 aromatic carbocycles. The monoisotopic (exact) mass is 252 g/mol. The zero-order valence-electron chi connectivity index (χ0n) is 11.0. The van der Waals surface area contributed by atoms with Gasteiger partial charge in [0.1, 0.15) is 6.54 Å². The van der Waals surface area contributed by atoms with Crippen molar-refractivity contribution < 1.29 is 0 Å². The molecule has 4 heteroatoms. The zero-order valence-corrected chi connectivity index (χ0v) is 11.0. The quantitative estimate of drug-likeness (QED) is 0.837. The van der Waals surface area contributed by atoms with E-state index in [4.69, 9.17) is 10.5 Å². The second-order valence-corrected chi connectivity index (χ2v) is 4.43. The van der Waals surface area contributed by atoms with Gasteiger partial charge in [0.2, 0.25) is 0 Å². The number of anilines is 2. The van der Waals surface area contributed by atoms with E-state index in [-0.39, 0.29) is 6.54 Å². The summed E-state index contributed by atoms with van der Waals surface area (Å²) in [5, 5.41) is 21.2. The smallest absolute Gasteiger partial charge is 0.110 e. The van der Waals surface area contributed by atoms with Gasteiger partial charge in [0.25, 0.3) is 0 Å². The lowest BCUT2D eigenvalue weighted by atomic mass is 10.2. The Labute approximate surface area is 113 Å². The molecule has 0 aliphatic heterocycles. The molecule has 1 aromatic rings. The van der Waals surface area contributed by atoms with E-state index in [9.17, 15) is 0 Å². The maximum absolute atomic E-state index is 9.16. The summed E-state index contributed by atoms with van der Waals surface area (Å²) in [5.74, 6) is 0. The largest absolute Gasteiger partial charge is 0.388 e. The highest BCUT2D eigenvalue weighted by Crippen LogP contribution is 2.32. The average Bonchev–Trinajstić information content (AvgIpc) is 2.93. The predicted octanol–water partition coefficient (Wildman–Crippen LogP) is 3.02. The third kappa shape index (κ3) is 2.69. The summed E-state index contributed by atoms with van der Waals surface area (Å²) in [6.07, 6.45) is 2.69. The minimum Gasteiger partial charge on any atom is -0.388 e. The number of nitriles is 2. The Kier molecular flexibility index (Phi) is 4.05. The van der Waals surface area contributed by atoms with Crippen LogP contribution in [-0.4, -0.2) is 13.6 Å². The second-order valence-electron chi connectivity index (χ2n) is 4.43. The van der Waals surface area contributed by atoms with E-state index in [1.165, 1.54) is 0 Å². The van der Waals surface area contributed by atoms with Crippen LogP contribution in [0.4, 0.5) is 11.4 Å². The zero-order chi connectivity index (χ0) is 13.7. The first kappa shape index (κ1) is 13.0. The van der Waals surface area contributed by atoms with Gasteiger partial charge in [-0.2, -0.15) is 10.5 Å². The molecule has 0 saturated carbocycles. The molecule has 0 fully saturated rings. The van der Waals surface area contributed by atoms with E-state index in [0.717, 1.165) is 41.9 Å². The first-order chi connectivity index (χ1) is 9.30. The predicted molar refractivity (Wildman–Crippen MR) is 75.4 cm³/mol. The fourth-order valence-corrected chi connectivity index (χ4v) is 2.37. The number of nitrogens with one attached hydrogen (secondary N) is 1. The standard InChI is InChI=1S/C15H16N4/c1-18-13-5-7-14(8-6-13)19(10-9-16)15-4-2-3-12(15)11-17/h5-8,18H,2-4,10H2,1H3. The summed E-state index contributed by atoms with van der Waals surface area (Å²) in [5.41, 5.74) is 3.81. The van der Waals surface area contributed by atoms with Crippen LogP contribution in [0, 0.1) is 22.7 Å². The lowest BCUT2D eigenvalue weighted by Crippen LogP contribution is -2.22. The Morgan fingerprint density at radius 2 is 1.95 bits per heavy atom. The summed E-state index contributed by atoms with van der Waals surface area (Å²) in [6, 6.07) is 12.3. The highest BCUT2D eigenvalue weighted by molar-refractivity contribution is 5.60. The Morgan fingerprint density at radius 1 is 1.21 bits per heavy atom. The number of benzene rings is 1. The lowest BCUT2D eigenvalue weighted by molar-refractivity contribution is 0.865. The fourth-order valence-electron chi connectivity index (χ4n) is 2.37. The SMILES string of the molecule is CNc1ccc(N(CC#N)C2=C(C#N)CCC2)cc1. The first-order valence-electron chi connectivity index (χ1n) is 6.34. The molecule has 0 spiro atoms. The average molecular weight is 252 g/mol. The van der Waals surface area contributed by atoms with Gasteiger partial charge in [0.05, 0.1) is 12.1 Å². The van der Waals surface area contributed by atoms with Gasteiger partial charge in [0, 0.05) is 29.7 Å². The van der Waals surface area contributed by atoms with E-state index in [2.05, 4.69) is 17.5 Å². The molecular formula is C15H16N4. The normalized spacial score (nSPS) is 13.8. The van der Waals surface area contributed by atoms with E-state index in [1.54, 1.807) is 0 Å². The van der Waals surface area contributed by atoms with Crippen LogP contribution in [0.5, 0.6) is 0 Å². The lowest BCUT2D eigenvalue weighted by Gasteiger charge is -2.24. The molecule has 0 atom stereocenters. The highest BCUT2D eigenvalue weighted by atomic mass is 15.1. The topological polar surface area (TPSA) is 62.9 Å². The molecule has 19 heavy (non-hydrogen) atoms. The van der Waals surface area contributed by atoms with Gasteiger partial charge in [-0.1, -0.05) is 0 Å². The van der Waals surface area contributed by atoms with Gasteiger partial charge in [-0.05, 0) is 43.5 Å². The van der Waals surface area contributed by atoms with Crippen molar-refractivity contribution in [3.63, 3.8) is 0 Å². The number of hydrogen-bond donors (Lipinski definition) is 1. The van der Waals surface area contributed by atoms with Gasteiger partial charge in [-0.25, -0.2) is 0 Å². The van der Waals surface area contributed by atoms with Crippen LogP contribution in [0.15, 0.2) is 35.5 Å². The third-order valence-electron chi connectivity index (χ3n) is 3.35. The van der Waals surface area contributed by atoms with E-state index in [0.29, 0.717) is 0 Å². The van der Waals surface area contributed by atoms with Crippen molar-refractivity contribution in [3.05, 3.63) is 35.5 Å². The first-order valence-corrected chi connectivity index (χ1v) is 6.34. The van der Waals surface area contributed by atoms with Crippen molar-refractivity contribution in [3.8, 4) is 12.1 Å². The second kappa shape index (κ2) is 5.93. The molecule has 0 aromatic heterocycles. The molecule has 0 saturated heterocycles. The van der Waals surface area contributed by atoms with Crippen LogP contribution in [0.2, 0.25) is 0 Å². The van der Waals surface area contributed by atoms with Crippen molar-refractivity contribution in [1.29, 1.82) is 10.5 Å². The molecule has 2 rings (SSSR count). The van der Waals surface area contributed by atoms with Crippen molar-refractivity contribution in [2.75, 3.05) is 23.8 Å². The molecule has 1 aliphatic carbocycles. The maximum atomic E-state index is 9.16. The van der Waals surface area contributed by atoms with Crippen molar-refractivity contribution in [2.45, 2.75) is 19.3 Å². The Hall–Kier alpha value is -2.46. The molecule has 0 bridgehead atoms.